The minimum absolute atomic E-state index is 0.114. The maximum atomic E-state index is 13.3. The van der Waals surface area contributed by atoms with Crippen molar-refractivity contribution in [1.29, 1.82) is 0 Å². The van der Waals surface area contributed by atoms with Gasteiger partial charge in [0, 0.05) is 29.7 Å². The van der Waals surface area contributed by atoms with Crippen LogP contribution in [-0.2, 0) is 27.1 Å². The van der Waals surface area contributed by atoms with Crippen molar-refractivity contribution in [2.24, 2.45) is 5.92 Å². The third kappa shape index (κ3) is 5.92. The van der Waals surface area contributed by atoms with E-state index in [2.05, 4.69) is 5.32 Å². The molecule has 1 unspecified atom stereocenters. The third-order valence-corrected chi connectivity index (χ3v) is 7.24. The van der Waals surface area contributed by atoms with Gasteiger partial charge in [0.25, 0.3) is 0 Å². The van der Waals surface area contributed by atoms with Gasteiger partial charge in [-0.05, 0) is 48.2 Å². The van der Waals surface area contributed by atoms with Crippen molar-refractivity contribution in [3.05, 3.63) is 69.5 Å². The first kappa shape index (κ1) is 22.0. The summed E-state index contributed by atoms with van der Waals surface area (Å²) in [5.41, 5.74) is 1.12. The molecule has 2 aromatic rings. The van der Waals surface area contributed by atoms with Gasteiger partial charge in [-0.1, -0.05) is 41.4 Å². The van der Waals surface area contributed by atoms with Crippen LogP contribution in [0.4, 0.5) is 4.39 Å². The van der Waals surface area contributed by atoms with E-state index < -0.39 is 15.9 Å². The molecule has 1 N–H and O–H groups in total. The number of hydrogen-bond donors (Lipinski definition) is 1. The lowest BCUT2D eigenvalue weighted by molar-refractivity contribution is -0.126. The van der Waals surface area contributed by atoms with Crippen molar-refractivity contribution in [3.8, 4) is 0 Å². The topological polar surface area (TPSA) is 66.5 Å². The Kier molecular flexibility index (Phi) is 7.16. The normalized spacial score (nSPS) is 17.8. The van der Waals surface area contributed by atoms with E-state index in [1.165, 1.54) is 22.5 Å². The van der Waals surface area contributed by atoms with Crippen molar-refractivity contribution < 1.29 is 17.6 Å². The van der Waals surface area contributed by atoms with E-state index in [0.29, 0.717) is 40.6 Å². The van der Waals surface area contributed by atoms with Crippen molar-refractivity contribution in [1.82, 2.24) is 9.62 Å². The molecule has 9 heteroatoms. The molecule has 1 aliphatic heterocycles. The molecule has 29 heavy (non-hydrogen) atoms. The Morgan fingerprint density at radius 3 is 2.72 bits per heavy atom. The summed E-state index contributed by atoms with van der Waals surface area (Å²) in [4.78, 5) is 12.5. The van der Waals surface area contributed by atoms with Crippen LogP contribution in [0, 0.1) is 11.7 Å². The Hall–Kier alpha value is -1.67. The van der Waals surface area contributed by atoms with Gasteiger partial charge in [0.1, 0.15) is 5.82 Å². The average Bonchev–Trinajstić information content (AvgIpc) is 2.68. The first-order chi connectivity index (χ1) is 13.7. The third-order valence-electron chi connectivity index (χ3n) is 4.86. The van der Waals surface area contributed by atoms with Crippen molar-refractivity contribution in [3.63, 3.8) is 0 Å². The number of piperidine rings is 1. The van der Waals surface area contributed by atoms with Gasteiger partial charge in [-0.25, -0.2) is 17.1 Å². The first-order valence-corrected chi connectivity index (χ1v) is 11.5. The summed E-state index contributed by atoms with van der Waals surface area (Å²) in [7, 11) is -3.63. The van der Waals surface area contributed by atoms with E-state index in [0.717, 1.165) is 0 Å². The number of hydrogen-bond acceptors (Lipinski definition) is 3. The fraction of sp³-hybridized carbons (Fsp3) is 0.350. The summed E-state index contributed by atoms with van der Waals surface area (Å²) in [6, 6.07) is 10.7. The minimum atomic E-state index is -3.63. The summed E-state index contributed by atoms with van der Waals surface area (Å²) in [6.45, 7) is 0.671. The number of carbonyl (C=O) groups is 1. The van der Waals surface area contributed by atoms with E-state index in [1.54, 1.807) is 24.3 Å². The van der Waals surface area contributed by atoms with Crippen LogP contribution in [0.5, 0.6) is 0 Å². The monoisotopic (exact) mass is 458 g/mol. The van der Waals surface area contributed by atoms with E-state index in [4.69, 9.17) is 23.2 Å². The van der Waals surface area contributed by atoms with Gasteiger partial charge in [0.2, 0.25) is 15.9 Å². The molecule has 1 amide bonds. The fourth-order valence-electron chi connectivity index (χ4n) is 3.32. The lowest BCUT2D eigenvalue weighted by Gasteiger charge is -2.31. The highest BCUT2D eigenvalue weighted by Crippen LogP contribution is 2.26. The van der Waals surface area contributed by atoms with Crippen LogP contribution in [0.2, 0.25) is 10.0 Å². The van der Waals surface area contributed by atoms with Gasteiger partial charge in [0.05, 0.1) is 11.7 Å². The zero-order valence-electron chi connectivity index (χ0n) is 15.6. The molecule has 1 saturated heterocycles. The predicted molar refractivity (Wildman–Crippen MR) is 112 cm³/mol. The van der Waals surface area contributed by atoms with Crippen LogP contribution in [-0.4, -0.2) is 31.7 Å². The average molecular weight is 459 g/mol. The smallest absolute Gasteiger partial charge is 0.224 e. The number of benzene rings is 2. The highest BCUT2D eigenvalue weighted by atomic mass is 35.5. The van der Waals surface area contributed by atoms with E-state index in [1.807, 2.05) is 0 Å². The van der Waals surface area contributed by atoms with Crippen LogP contribution in [0.3, 0.4) is 0 Å². The predicted octanol–water partition coefficient (Wildman–Crippen LogP) is 3.99. The Balaban J connectivity index is 1.62. The van der Waals surface area contributed by atoms with Crippen molar-refractivity contribution in [2.45, 2.75) is 25.1 Å². The highest BCUT2D eigenvalue weighted by Gasteiger charge is 2.32. The second-order valence-corrected chi connectivity index (χ2v) is 9.85. The molecule has 5 nitrogen and oxygen atoms in total. The van der Waals surface area contributed by atoms with Gasteiger partial charge in [-0.3, -0.25) is 4.79 Å². The molecule has 2 aromatic carbocycles. The number of halogens is 3. The zero-order chi connectivity index (χ0) is 21.0. The van der Waals surface area contributed by atoms with Gasteiger partial charge in [-0.2, -0.15) is 0 Å². The largest absolute Gasteiger partial charge is 0.352 e. The van der Waals surface area contributed by atoms with E-state index in [-0.39, 0.29) is 30.6 Å². The molecule has 0 radical (unpaired) electrons. The minimum Gasteiger partial charge on any atom is -0.352 e. The van der Waals surface area contributed by atoms with Crippen LogP contribution >= 0.6 is 23.2 Å². The number of rotatable bonds is 6. The first-order valence-electron chi connectivity index (χ1n) is 9.18. The van der Waals surface area contributed by atoms with Crippen LogP contribution in [0.25, 0.3) is 0 Å². The van der Waals surface area contributed by atoms with Crippen LogP contribution in [0.15, 0.2) is 42.5 Å². The zero-order valence-corrected chi connectivity index (χ0v) is 17.9. The van der Waals surface area contributed by atoms with Gasteiger partial charge >= 0.3 is 0 Å². The van der Waals surface area contributed by atoms with Crippen LogP contribution in [0.1, 0.15) is 24.0 Å². The SMILES string of the molecule is O=C(NCc1cccc(F)c1)C1CCCN(S(=O)(=O)Cc2ccc(Cl)cc2Cl)C1. The highest BCUT2D eigenvalue weighted by molar-refractivity contribution is 7.88. The molecule has 0 aliphatic carbocycles. The number of nitrogens with zero attached hydrogens (tertiary/aromatic N) is 1. The van der Waals surface area contributed by atoms with Gasteiger partial charge in [0.15, 0.2) is 0 Å². The standard InChI is InChI=1S/C20H21Cl2FN2O3S/c21-17-7-6-16(19(22)10-17)13-29(27,28)25-8-2-4-15(12-25)20(26)24-11-14-3-1-5-18(23)9-14/h1,3,5-7,9-10,15H,2,4,8,11-13H2,(H,24,26). The van der Waals surface area contributed by atoms with Gasteiger partial charge < -0.3 is 5.32 Å². The van der Waals surface area contributed by atoms with Crippen LogP contribution < -0.4 is 5.32 Å². The molecule has 0 aromatic heterocycles. The molecule has 1 fully saturated rings. The maximum Gasteiger partial charge on any atom is 0.224 e. The molecule has 3 rings (SSSR count). The molecule has 1 aliphatic rings. The van der Waals surface area contributed by atoms with Crippen molar-refractivity contribution >= 4 is 39.1 Å². The fourth-order valence-corrected chi connectivity index (χ4v) is 5.51. The molecule has 1 atom stereocenters. The Morgan fingerprint density at radius 1 is 1.21 bits per heavy atom. The molecule has 0 spiro atoms. The Labute approximate surface area is 179 Å². The lowest BCUT2D eigenvalue weighted by atomic mass is 9.99. The summed E-state index contributed by atoms with van der Waals surface area (Å²) in [5, 5.41) is 3.50. The molecule has 1 heterocycles. The summed E-state index contributed by atoms with van der Waals surface area (Å²) < 4.78 is 40.3. The summed E-state index contributed by atoms with van der Waals surface area (Å²) in [6.07, 6.45) is 1.19. The molecule has 0 saturated carbocycles. The molecular weight excluding hydrogens is 438 g/mol. The summed E-state index contributed by atoms with van der Waals surface area (Å²) in [5.74, 6) is -1.31. The Bertz CT molecular complexity index is 1000. The molecular formula is C20H21Cl2FN2O3S. The van der Waals surface area contributed by atoms with E-state index >= 15 is 0 Å². The lowest BCUT2D eigenvalue weighted by Crippen LogP contribution is -2.45. The summed E-state index contributed by atoms with van der Waals surface area (Å²) >= 11 is 12.0. The second-order valence-electron chi connectivity index (χ2n) is 7.04. The number of carbonyl (C=O) groups excluding carboxylic acids is 1. The number of amides is 1. The van der Waals surface area contributed by atoms with Crippen molar-refractivity contribution in [2.75, 3.05) is 13.1 Å². The van der Waals surface area contributed by atoms with Gasteiger partial charge in [-0.15, -0.1) is 0 Å². The quantitative estimate of drug-likeness (QED) is 0.711. The maximum absolute atomic E-state index is 13.3. The molecule has 0 bridgehead atoms. The van der Waals surface area contributed by atoms with E-state index in [9.17, 15) is 17.6 Å². The number of sulfonamides is 1. The molecule has 156 valence electrons. The number of nitrogens with one attached hydrogen (secondary N) is 1. The Morgan fingerprint density at radius 2 is 2.00 bits per heavy atom. The second kappa shape index (κ2) is 9.43.